The first kappa shape index (κ1) is 6.34. The Balaban J connectivity index is 3.26. The molecule has 1 unspecified atom stereocenters. The summed E-state index contributed by atoms with van der Waals surface area (Å²) in [6.07, 6.45) is 0. The number of hydrogen-bond acceptors (Lipinski definition) is 2. The van der Waals surface area contributed by atoms with E-state index in [4.69, 9.17) is 16.7 Å². The first-order valence-corrected chi connectivity index (χ1v) is 2.24. The smallest absolute Gasteiger partial charge is 0.132 e. The van der Waals surface area contributed by atoms with Crippen LogP contribution in [0.3, 0.4) is 0 Å². The largest absolute Gasteiger partial charge is 0.377 e. The molecular weight excluding hydrogens is 120 g/mol. The van der Waals surface area contributed by atoms with Crippen molar-refractivity contribution in [2.45, 2.75) is 5.44 Å². The van der Waals surface area contributed by atoms with Gasteiger partial charge in [-0.2, -0.15) is 0 Å². The predicted octanol–water partition coefficient (Wildman–Crippen LogP) is 0.987. The van der Waals surface area contributed by atoms with Crippen LogP contribution in [0.15, 0.2) is 11.6 Å². The molecule has 1 N–H and O–H groups in total. The molecule has 0 fully saturated rings. The van der Waals surface area contributed by atoms with Gasteiger partial charge in [-0.05, 0) is 0 Å². The van der Waals surface area contributed by atoms with E-state index in [1.807, 2.05) is 0 Å². The van der Waals surface area contributed by atoms with E-state index in [2.05, 4.69) is 19.2 Å². The quantitative estimate of drug-likeness (QED) is 0.395. The SMILES string of the molecule is C=C(Cl)C(O)S. The summed E-state index contributed by atoms with van der Waals surface area (Å²) in [5.41, 5.74) is -0.883. The molecule has 1 nitrogen and oxygen atoms in total. The Morgan fingerprint density at radius 2 is 2.17 bits per heavy atom. The van der Waals surface area contributed by atoms with Crippen LogP contribution in [0.5, 0.6) is 0 Å². The third-order valence-corrected chi connectivity index (χ3v) is 0.951. The van der Waals surface area contributed by atoms with Crippen molar-refractivity contribution in [2.24, 2.45) is 0 Å². The number of hydrogen-bond donors (Lipinski definition) is 2. The zero-order chi connectivity index (χ0) is 5.15. The summed E-state index contributed by atoms with van der Waals surface area (Å²) in [5.74, 6) is 0. The molecule has 3 heteroatoms. The lowest BCUT2D eigenvalue weighted by Crippen LogP contribution is -1.91. The zero-order valence-corrected chi connectivity index (χ0v) is 4.71. The lowest BCUT2D eigenvalue weighted by molar-refractivity contribution is 0.308. The van der Waals surface area contributed by atoms with E-state index >= 15 is 0 Å². The van der Waals surface area contributed by atoms with Crippen molar-refractivity contribution in [2.75, 3.05) is 0 Å². The van der Waals surface area contributed by atoms with Crippen LogP contribution in [0.2, 0.25) is 0 Å². The summed E-state index contributed by atoms with van der Waals surface area (Å²) in [6.45, 7) is 3.19. The van der Waals surface area contributed by atoms with E-state index in [0.717, 1.165) is 0 Å². The van der Waals surface area contributed by atoms with Crippen molar-refractivity contribution < 1.29 is 5.11 Å². The molecule has 0 aromatic carbocycles. The number of rotatable bonds is 1. The maximum atomic E-state index is 8.26. The van der Waals surface area contributed by atoms with Gasteiger partial charge < -0.3 is 5.11 Å². The van der Waals surface area contributed by atoms with E-state index in [1.165, 1.54) is 0 Å². The highest BCUT2D eigenvalue weighted by atomic mass is 35.5. The van der Waals surface area contributed by atoms with E-state index < -0.39 is 5.44 Å². The van der Waals surface area contributed by atoms with Gasteiger partial charge in [0.05, 0.1) is 0 Å². The van der Waals surface area contributed by atoms with Crippen molar-refractivity contribution in [3.63, 3.8) is 0 Å². The Kier molecular flexibility index (Phi) is 2.64. The summed E-state index contributed by atoms with van der Waals surface area (Å²) < 4.78 is 0. The Morgan fingerprint density at radius 3 is 2.17 bits per heavy atom. The molecule has 0 heterocycles. The highest BCUT2D eigenvalue weighted by Gasteiger charge is 1.93. The van der Waals surface area contributed by atoms with Gasteiger partial charge in [-0.1, -0.05) is 18.2 Å². The van der Waals surface area contributed by atoms with Gasteiger partial charge in [0, 0.05) is 5.03 Å². The van der Waals surface area contributed by atoms with Gasteiger partial charge in [-0.3, -0.25) is 0 Å². The lowest BCUT2D eigenvalue weighted by Gasteiger charge is -1.93. The predicted molar refractivity (Wildman–Crippen MR) is 30.0 cm³/mol. The van der Waals surface area contributed by atoms with Crippen molar-refractivity contribution in [3.05, 3.63) is 11.6 Å². The van der Waals surface area contributed by atoms with E-state index in [9.17, 15) is 0 Å². The fraction of sp³-hybridized carbons (Fsp3) is 0.333. The minimum absolute atomic E-state index is 0.151. The number of halogens is 1. The molecule has 0 aliphatic rings. The van der Waals surface area contributed by atoms with Gasteiger partial charge in [0.25, 0.3) is 0 Å². The third-order valence-electron chi connectivity index (χ3n) is 0.280. The normalized spacial score (nSPS) is 13.8. The average molecular weight is 125 g/mol. The molecular formula is C3H5ClOS. The van der Waals surface area contributed by atoms with E-state index in [-0.39, 0.29) is 5.03 Å². The third kappa shape index (κ3) is 2.57. The van der Waals surface area contributed by atoms with Gasteiger partial charge in [0.2, 0.25) is 0 Å². The van der Waals surface area contributed by atoms with Crippen LogP contribution in [0.4, 0.5) is 0 Å². The monoisotopic (exact) mass is 124 g/mol. The highest BCUT2D eigenvalue weighted by molar-refractivity contribution is 7.81. The molecule has 0 aromatic heterocycles. The van der Waals surface area contributed by atoms with Crippen LogP contribution in [0.1, 0.15) is 0 Å². The second-order valence-electron chi connectivity index (χ2n) is 0.821. The fourth-order valence-electron chi connectivity index (χ4n) is 0. The fourth-order valence-corrected chi connectivity index (χ4v) is 0. The Labute approximate surface area is 47.0 Å². The van der Waals surface area contributed by atoms with E-state index in [0.29, 0.717) is 0 Å². The molecule has 0 aromatic rings. The van der Waals surface area contributed by atoms with Crippen LogP contribution in [-0.2, 0) is 0 Å². The first-order chi connectivity index (χ1) is 2.64. The summed E-state index contributed by atoms with van der Waals surface area (Å²) in [5, 5.41) is 8.41. The van der Waals surface area contributed by atoms with Gasteiger partial charge in [-0.25, -0.2) is 0 Å². The molecule has 0 saturated carbocycles. The summed E-state index contributed by atoms with van der Waals surface area (Å²) in [6, 6.07) is 0. The maximum Gasteiger partial charge on any atom is 0.132 e. The van der Waals surface area contributed by atoms with Crippen molar-refractivity contribution in [1.29, 1.82) is 0 Å². The number of aliphatic hydroxyl groups is 1. The summed E-state index contributed by atoms with van der Waals surface area (Å²) in [7, 11) is 0. The Morgan fingerprint density at radius 1 is 2.00 bits per heavy atom. The molecule has 0 rings (SSSR count). The lowest BCUT2D eigenvalue weighted by atomic mass is 10.7. The average Bonchev–Trinajstić information content (AvgIpc) is 1.36. The van der Waals surface area contributed by atoms with Crippen LogP contribution in [0.25, 0.3) is 0 Å². The molecule has 1 atom stereocenters. The molecule has 0 radical (unpaired) electrons. The Bertz CT molecular complexity index is 61.8. The van der Waals surface area contributed by atoms with Gasteiger partial charge in [0.1, 0.15) is 5.44 Å². The topological polar surface area (TPSA) is 20.2 Å². The second-order valence-corrected chi connectivity index (χ2v) is 1.80. The van der Waals surface area contributed by atoms with Crippen LogP contribution < -0.4 is 0 Å². The van der Waals surface area contributed by atoms with Crippen molar-refractivity contribution in [1.82, 2.24) is 0 Å². The number of aliphatic hydroxyl groups excluding tert-OH is 1. The minimum atomic E-state index is -0.883. The zero-order valence-electron chi connectivity index (χ0n) is 3.06. The minimum Gasteiger partial charge on any atom is -0.377 e. The first-order valence-electron chi connectivity index (χ1n) is 1.35. The molecule has 0 aliphatic carbocycles. The summed E-state index contributed by atoms with van der Waals surface area (Å²) >= 11 is 8.61. The summed E-state index contributed by atoms with van der Waals surface area (Å²) in [4.78, 5) is 0. The standard InChI is InChI=1S/C3H5ClOS/c1-2(4)3(5)6/h3,5-6H,1H2. The van der Waals surface area contributed by atoms with Gasteiger partial charge in [-0.15, -0.1) is 12.6 Å². The Hall–Kier alpha value is 0.340. The van der Waals surface area contributed by atoms with Crippen LogP contribution >= 0.6 is 24.2 Å². The molecule has 0 amide bonds. The van der Waals surface area contributed by atoms with E-state index in [1.54, 1.807) is 0 Å². The second kappa shape index (κ2) is 2.50. The molecule has 0 saturated heterocycles. The molecule has 6 heavy (non-hydrogen) atoms. The molecule has 0 aliphatic heterocycles. The molecule has 0 bridgehead atoms. The number of thiol groups is 1. The van der Waals surface area contributed by atoms with Crippen LogP contribution in [-0.4, -0.2) is 10.5 Å². The van der Waals surface area contributed by atoms with Gasteiger partial charge >= 0.3 is 0 Å². The van der Waals surface area contributed by atoms with Crippen molar-refractivity contribution >= 4 is 24.2 Å². The van der Waals surface area contributed by atoms with Gasteiger partial charge in [0.15, 0.2) is 0 Å². The molecule has 36 valence electrons. The van der Waals surface area contributed by atoms with Crippen LogP contribution in [0, 0.1) is 0 Å². The molecule has 0 spiro atoms. The van der Waals surface area contributed by atoms with Crippen molar-refractivity contribution in [3.8, 4) is 0 Å². The highest BCUT2D eigenvalue weighted by Crippen LogP contribution is 2.05. The maximum absolute atomic E-state index is 8.26.